The molecule has 2 amide bonds. The highest BCUT2D eigenvalue weighted by Crippen LogP contribution is 2.36. The number of carbonyl (C=O) groups excluding carboxylic acids is 2. The molecule has 1 aliphatic carbocycles. The second-order valence-corrected chi connectivity index (χ2v) is 8.09. The summed E-state index contributed by atoms with van der Waals surface area (Å²) in [4.78, 5) is 27.4. The number of amides is 2. The van der Waals surface area contributed by atoms with E-state index in [1.165, 1.54) is 6.42 Å². The Morgan fingerprint density at radius 1 is 1.10 bits per heavy atom. The molecule has 4 nitrogen and oxygen atoms in total. The lowest BCUT2D eigenvalue weighted by Crippen LogP contribution is -2.71. The quantitative estimate of drug-likeness (QED) is 0.851. The predicted octanol–water partition coefficient (Wildman–Crippen LogP) is 2.57. The molecule has 0 radical (unpaired) electrons. The molecule has 1 saturated carbocycles. The van der Waals surface area contributed by atoms with Crippen LogP contribution in [0.3, 0.4) is 0 Å². The molecule has 1 N–H and O–H groups in total. The average molecular weight is 294 g/mol. The van der Waals surface area contributed by atoms with Crippen LogP contribution in [0.2, 0.25) is 0 Å². The zero-order valence-corrected chi connectivity index (χ0v) is 14.3. The van der Waals surface area contributed by atoms with Gasteiger partial charge in [0.25, 0.3) is 0 Å². The smallest absolute Gasteiger partial charge is 0.248 e. The minimum Gasteiger partial charge on any atom is -0.340 e. The highest BCUT2D eigenvalue weighted by atomic mass is 16.2. The standard InChI is InChI=1S/C17H30N2O2/c1-10(2)14-15(20)18-17(5,6)16(21)19(14)13-8-11(3)7-12(4)9-13/h10-14H,7-9H2,1-6H3,(H,18,20). The Hall–Kier alpha value is -1.06. The average Bonchev–Trinajstić information content (AvgIpc) is 2.30. The van der Waals surface area contributed by atoms with E-state index in [9.17, 15) is 9.59 Å². The maximum Gasteiger partial charge on any atom is 0.248 e. The second-order valence-electron chi connectivity index (χ2n) is 8.09. The molecule has 3 atom stereocenters. The fourth-order valence-electron chi connectivity index (χ4n) is 4.16. The van der Waals surface area contributed by atoms with Crippen LogP contribution in [-0.4, -0.2) is 34.3 Å². The van der Waals surface area contributed by atoms with Gasteiger partial charge in [-0.25, -0.2) is 0 Å². The molecule has 1 aliphatic heterocycles. The first-order valence-corrected chi connectivity index (χ1v) is 8.28. The summed E-state index contributed by atoms with van der Waals surface area (Å²) in [5, 5.41) is 2.90. The fourth-order valence-corrected chi connectivity index (χ4v) is 4.16. The van der Waals surface area contributed by atoms with Gasteiger partial charge in [-0.15, -0.1) is 0 Å². The number of hydrogen-bond acceptors (Lipinski definition) is 2. The highest BCUT2D eigenvalue weighted by molar-refractivity contribution is 5.99. The lowest BCUT2D eigenvalue weighted by molar-refractivity contribution is -0.160. The Morgan fingerprint density at radius 3 is 2.10 bits per heavy atom. The van der Waals surface area contributed by atoms with Crippen molar-refractivity contribution in [2.45, 2.75) is 78.4 Å². The van der Waals surface area contributed by atoms with Gasteiger partial charge in [-0.05, 0) is 50.9 Å². The van der Waals surface area contributed by atoms with Gasteiger partial charge in [0.15, 0.2) is 0 Å². The summed E-state index contributed by atoms with van der Waals surface area (Å²) in [7, 11) is 0. The zero-order chi connectivity index (χ0) is 15.9. The van der Waals surface area contributed by atoms with E-state index in [0.29, 0.717) is 11.8 Å². The molecule has 0 bridgehead atoms. The molecule has 120 valence electrons. The Bertz CT molecular complexity index is 421. The van der Waals surface area contributed by atoms with Crippen molar-refractivity contribution in [2.75, 3.05) is 0 Å². The van der Waals surface area contributed by atoms with Crippen LogP contribution in [0.4, 0.5) is 0 Å². The Balaban J connectivity index is 2.34. The van der Waals surface area contributed by atoms with Gasteiger partial charge in [0, 0.05) is 6.04 Å². The fraction of sp³-hybridized carbons (Fsp3) is 0.882. The van der Waals surface area contributed by atoms with E-state index >= 15 is 0 Å². The molecule has 2 rings (SSSR count). The minimum atomic E-state index is -0.785. The molecule has 2 fully saturated rings. The van der Waals surface area contributed by atoms with Crippen molar-refractivity contribution in [3.8, 4) is 0 Å². The summed E-state index contributed by atoms with van der Waals surface area (Å²) in [5.41, 5.74) is -0.785. The van der Waals surface area contributed by atoms with Crippen molar-refractivity contribution in [2.24, 2.45) is 17.8 Å². The van der Waals surface area contributed by atoms with Crippen molar-refractivity contribution >= 4 is 11.8 Å². The van der Waals surface area contributed by atoms with E-state index in [-0.39, 0.29) is 29.8 Å². The van der Waals surface area contributed by atoms with Gasteiger partial charge < -0.3 is 10.2 Å². The third-order valence-corrected chi connectivity index (χ3v) is 4.95. The van der Waals surface area contributed by atoms with Crippen LogP contribution < -0.4 is 5.32 Å². The van der Waals surface area contributed by atoms with Gasteiger partial charge in [-0.3, -0.25) is 9.59 Å². The number of piperazine rings is 1. The Labute approximate surface area is 128 Å². The number of nitrogens with one attached hydrogen (secondary N) is 1. The monoisotopic (exact) mass is 294 g/mol. The minimum absolute atomic E-state index is 0.000444. The van der Waals surface area contributed by atoms with E-state index in [4.69, 9.17) is 0 Å². The summed E-state index contributed by atoms with van der Waals surface area (Å²) in [6.45, 7) is 12.2. The lowest BCUT2D eigenvalue weighted by Gasteiger charge is -2.50. The van der Waals surface area contributed by atoms with Crippen LogP contribution in [0.1, 0.15) is 60.8 Å². The molecule has 0 spiro atoms. The number of hydrogen-bond donors (Lipinski definition) is 1. The van der Waals surface area contributed by atoms with Crippen molar-refractivity contribution < 1.29 is 9.59 Å². The molecule has 0 aromatic heterocycles. The third kappa shape index (κ3) is 3.09. The van der Waals surface area contributed by atoms with Crippen LogP contribution in [-0.2, 0) is 9.59 Å². The molecular formula is C17H30N2O2. The van der Waals surface area contributed by atoms with Crippen molar-refractivity contribution in [3.63, 3.8) is 0 Å². The number of nitrogens with zero attached hydrogens (tertiary/aromatic N) is 1. The van der Waals surface area contributed by atoms with E-state index < -0.39 is 5.54 Å². The van der Waals surface area contributed by atoms with E-state index in [1.807, 2.05) is 32.6 Å². The van der Waals surface area contributed by atoms with Gasteiger partial charge in [0.05, 0.1) is 0 Å². The van der Waals surface area contributed by atoms with Crippen LogP contribution in [0.25, 0.3) is 0 Å². The Kier molecular flexibility index (Phi) is 4.36. The molecule has 21 heavy (non-hydrogen) atoms. The SMILES string of the molecule is CC1CC(C)CC(N2C(=O)C(C)(C)NC(=O)C2C(C)C)C1. The van der Waals surface area contributed by atoms with E-state index in [2.05, 4.69) is 19.2 Å². The first-order valence-electron chi connectivity index (χ1n) is 8.28. The molecule has 1 heterocycles. The van der Waals surface area contributed by atoms with E-state index in [1.54, 1.807) is 0 Å². The van der Waals surface area contributed by atoms with Gasteiger partial charge in [0.2, 0.25) is 11.8 Å². The third-order valence-electron chi connectivity index (χ3n) is 4.95. The maximum atomic E-state index is 12.9. The largest absolute Gasteiger partial charge is 0.340 e. The van der Waals surface area contributed by atoms with Gasteiger partial charge in [-0.2, -0.15) is 0 Å². The predicted molar refractivity (Wildman–Crippen MR) is 83.7 cm³/mol. The number of carbonyl (C=O) groups is 2. The molecular weight excluding hydrogens is 264 g/mol. The van der Waals surface area contributed by atoms with Crippen LogP contribution >= 0.6 is 0 Å². The number of rotatable bonds is 2. The topological polar surface area (TPSA) is 49.4 Å². The van der Waals surface area contributed by atoms with Crippen molar-refractivity contribution in [1.29, 1.82) is 0 Å². The lowest BCUT2D eigenvalue weighted by atomic mass is 9.77. The summed E-state index contributed by atoms with van der Waals surface area (Å²) in [6.07, 6.45) is 3.26. The first-order chi connectivity index (χ1) is 9.63. The first kappa shape index (κ1) is 16.3. The summed E-state index contributed by atoms with van der Waals surface area (Å²) >= 11 is 0. The maximum absolute atomic E-state index is 12.9. The van der Waals surface area contributed by atoms with E-state index in [0.717, 1.165) is 12.8 Å². The van der Waals surface area contributed by atoms with Crippen LogP contribution in [0, 0.1) is 17.8 Å². The van der Waals surface area contributed by atoms with Crippen molar-refractivity contribution in [3.05, 3.63) is 0 Å². The van der Waals surface area contributed by atoms with Gasteiger partial charge in [-0.1, -0.05) is 27.7 Å². The molecule has 2 aliphatic rings. The zero-order valence-electron chi connectivity index (χ0n) is 14.3. The second kappa shape index (κ2) is 5.62. The molecule has 4 heteroatoms. The molecule has 0 aromatic rings. The van der Waals surface area contributed by atoms with Gasteiger partial charge >= 0.3 is 0 Å². The summed E-state index contributed by atoms with van der Waals surface area (Å²) in [6, 6.07) is -0.123. The van der Waals surface area contributed by atoms with Crippen LogP contribution in [0.5, 0.6) is 0 Å². The summed E-state index contributed by atoms with van der Waals surface area (Å²) < 4.78 is 0. The van der Waals surface area contributed by atoms with Crippen molar-refractivity contribution in [1.82, 2.24) is 10.2 Å². The summed E-state index contributed by atoms with van der Waals surface area (Å²) in [5.74, 6) is 1.45. The molecule has 3 unspecified atom stereocenters. The Morgan fingerprint density at radius 2 is 1.62 bits per heavy atom. The van der Waals surface area contributed by atoms with Crippen LogP contribution in [0.15, 0.2) is 0 Å². The van der Waals surface area contributed by atoms with Gasteiger partial charge in [0.1, 0.15) is 11.6 Å². The molecule has 1 saturated heterocycles. The normalized spacial score (nSPS) is 36.8. The highest BCUT2D eigenvalue weighted by Gasteiger charge is 2.49. The molecule has 0 aromatic carbocycles.